The maximum absolute atomic E-state index is 12.3. The first-order valence-electron chi connectivity index (χ1n) is 6.08. The van der Waals surface area contributed by atoms with Crippen LogP contribution >= 0.6 is 0 Å². The van der Waals surface area contributed by atoms with Gasteiger partial charge in [-0.1, -0.05) is 6.92 Å². The second-order valence-corrected chi connectivity index (χ2v) is 5.55. The molecular formula is C12H22N2O2. The summed E-state index contributed by atoms with van der Waals surface area (Å²) >= 11 is 0. The Kier molecular flexibility index (Phi) is 2.75. The molecule has 92 valence electrons. The second kappa shape index (κ2) is 3.70. The van der Waals surface area contributed by atoms with Crippen LogP contribution in [0.25, 0.3) is 0 Å². The fourth-order valence-corrected chi connectivity index (χ4v) is 2.34. The summed E-state index contributed by atoms with van der Waals surface area (Å²) in [7, 11) is 1.70. The predicted octanol–water partition coefficient (Wildman–Crippen LogP) is 1.11. The summed E-state index contributed by atoms with van der Waals surface area (Å²) < 4.78 is 5.41. The average molecular weight is 226 g/mol. The van der Waals surface area contributed by atoms with Crippen molar-refractivity contribution in [1.29, 1.82) is 0 Å². The van der Waals surface area contributed by atoms with Gasteiger partial charge < -0.3 is 9.64 Å². The molecule has 2 aliphatic rings. The average Bonchev–Trinajstić information content (AvgIpc) is 2.98. The fourth-order valence-electron chi connectivity index (χ4n) is 2.34. The summed E-state index contributed by atoms with van der Waals surface area (Å²) in [6, 6.07) is 0. The van der Waals surface area contributed by atoms with Crippen molar-refractivity contribution in [2.24, 2.45) is 0 Å². The highest BCUT2D eigenvalue weighted by molar-refractivity contribution is 5.91. The van der Waals surface area contributed by atoms with E-state index in [1.807, 2.05) is 18.7 Å². The molecule has 1 aliphatic carbocycles. The van der Waals surface area contributed by atoms with Gasteiger partial charge >= 0.3 is 0 Å². The van der Waals surface area contributed by atoms with Crippen LogP contribution in [0.3, 0.4) is 0 Å². The van der Waals surface area contributed by atoms with Gasteiger partial charge in [-0.25, -0.2) is 0 Å². The quantitative estimate of drug-likeness (QED) is 0.781. The van der Waals surface area contributed by atoms with Gasteiger partial charge in [-0.15, -0.1) is 0 Å². The summed E-state index contributed by atoms with van der Waals surface area (Å²) in [5, 5.41) is 3.46. The maximum atomic E-state index is 12.3. The molecule has 0 aromatic rings. The SMILES string of the molecule is CCC1NC2(CC2)C(=O)N1CC(C)(C)OC. The normalized spacial score (nSPS) is 27.9. The molecule has 1 saturated carbocycles. The number of methoxy groups -OCH3 is 1. The van der Waals surface area contributed by atoms with Crippen LogP contribution in [0.15, 0.2) is 0 Å². The summed E-state index contributed by atoms with van der Waals surface area (Å²) in [6.45, 7) is 6.81. The van der Waals surface area contributed by atoms with Crippen LogP contribution in [0, 0.1) is 0 Å². The van der Waals surface area contributed by atoms with E-state index in [2.05, 4.69) is 12.2 Å². The van der Waals surface area contributed by atoms with E-state index in [-0.39, 0.29) is 23.2 Å². The Balaban J connectivity index is 2.10. The Morgan fingerprint density at radius 1 is 1.56 bits per heavy atom. The van der Waals surface area contributed by atoms with E-state index in [1.165, 1.54) is 0 Å². The van der Waals surface area contributed by atoms with Gasteiger partial charge in [-0.2, -0.15) is 0 Å². The molecule has 1 N–H and O–H groups in total. The number of rotatable bonds is 4. The molecule has 4 nitrogen and oxygen atoms in total. The molecule has 0 radical (unpaired) electrons. The van der Waals surface area contributed by atoms with Crippen molar-refractivity contribution >= 4 is 5.91 Å². The van der Waals surface area contributed by atoms with Crippen LogP contribution in [-0.4, -0.2) is 41.8 Å². The van der Waals surface area contributed by atoms with Crippen LogP contribution < -0.4 is 5.32 Å². The first kappa shape index (κ1) is 11.9. The van der Waals surface area contributed by atoms with Gasteiger partial charge in [0.1, 0.15) is 0 Å². The molecule has 0 aromatic heterocycles. The molecule has 1 spiro atoms. The van der Waals surface area contributed by atoms with Gasteiger partial charge in [0.25, 0.3) is 0 Å². The molecule has 0 bridgehead atoms. The molecule has 4 heteroatoms. The monoisotopic (exact) mass is 226 g/mol. The smallest absolute Gasteiger partial charge is 0.244 e. The van der Waals surface area contributed by atoms with Crippen molar-refractivity contribution < 1.29 is 9.53 Å². The van der Waals surface area contributed by atoms with E-state index >= 15 is 0 Å². The maximum Gasteiger partial charge on any atom is 0.244 e. The van der Waals surface area contributed by atoms with Gasteiger partial charge in [0.15, 0.2) is 0 Å². The number of nitrogens with one attached hydrogen (secondary N) is 1. The first-order chi connectivity index (χ1) is 7.44. The Morgan fingerprint density at radius 2 is 2.19 bits per heavy atom. The zero-order valence-corrected chi connectivity index (χ0v) is 10.7. The van der Waals surface area contributed by atoms with E-state index in [0.29, 0.717) is 6.54 Å². The van der Waals surface area contributed by atoms with Gasteiger partial charge in [0.05, 0.1) is 23.9 Å². The minimum atomic E-state index is -0.273. The number of nitrogens with zero attached hydrogens (tertiary/aromatic N) is 1. The minimum absolute atomic E-state index is 0.185. The van der Waals surface area contributed by atoms with Gasteiger partial charge in [-0.3, -0.25) is 10.1 Å². The molecule has 1 saturated heterocycles. The zero-order valence-electron chi connectivity index (χ0n) is 10.7. The lowest BCUT2D eigenvalue weighted by Gasteiger charge is -2.32. The first-order valence-corrected chi connectivity index (χ1v) is 6.08. The van der Waals surface area contributed by atoms with Crippen molar-refractivity contribution in [2.45, 2.75) is 57.3 Å². The lowest BCUT2D eigenvalue weighted by molar-refractivity contribution is -0.134. The Hall–Kier alpha value is -0.610. The number of carbonyl (C=O) groups is 1. The van der Waals surface area contributed by atoms with Crippen LogP contribution in [0.5, 0.6) is 0 Å². The summed E-state index contributed by atoms with van der Waals surface area (Å²) in [4.78, 5) is 14.2. The Bertz CT molecular complexity index is 297. The van der Waals surface area contributed by atoms with Crippen LogP contribution in [0.1, 0.15) is 40.0 Å². The van der Waals surface area contributed by atoms with Crippen LogP contribution in [0.2, 0.25) is 0 Å². The van der Waals surface area contributed by atoms with E-state index in [4.69, 9.17) is 4.74 Å². The number of ether oxygens (including phenoxy) is 1. The molecule has 1 heterocycles. The standard InChI is InChI=1S/C12H22N2O2/c1-5-9-13-12(6-7-12)10(15)14(9)8-11(2,3)16-4/h9,13H,5-8H2,1-4H3. The highest BCUT2D eigenvalue weighted by Gasteiger charge is 2.59. The highest BCUT2D eigenvalue weighted by atomic mass is 16.5. The van der Waals surface area contributed by atoms with E-state index in [0.717, 1.165) is 19.3 Å². The highest BCUT2D eigenvalue weighted by Crippen LogP contribution is 2.42. The Morgan fingerprint density at radius 3 is 2.62 bits per heavy atom. The number of hydrogen-bond donors (Lipinski definition) is 1. The molecule has 1 aliphatic heterocycles. The molecule has 1 amide bonds. The van der Waals surface area contributed by atoms with E-state index < -0.39 is 0 Å². The largest absolute Gasteiger partial charge is 0.377 e. The zero-order chi connectivity index (χ0) is 12.0. The third kappa shape index (κ3) is 1.84. The van der Waals surface area contributed by atoms with Gasteiger partial charge in [0, 0.05) is 7.11 Å². The van der Waals surface area contributed by atoms with E-state index in [9.17, 15) is 4.79 Å². The second-order valence-electron chi connectivity index (χ2n) is 5.55. The molecule has 2 fully saturated rings. The predicted molar refractivity (Wildman–Crippen MR) is 62.0 cm³/mol. The lowest BCUT2D eigenvalue weighted by Crippen LogP contribution is -2.46. The van der Waals surface area contributed by atoms with Crippen molar-refractivity contribution in [3.63, 3.8) is 0 Å². The Labute approximate surface area is 97.3 Å². The number of amides is 1. The van der Waals surface area contributed by atoms with Crippen molar-refractivity contribution in [3.8, 4) is 0 Å². The summed E-state index contributed by atoms with van der Waals surface area (Å²) in [6.07, 6.45) is 3.12. The fraction of sp³-hybridized carbons (Fsp3) is 0.917. The number of carbonyl (C=O) groups excluding carboxylic acids is 1. The van der Waals surface area contributed by atoms with Crippen molar-refractivity contribution in [3.05, 3.63) is 0 Å². The lowest BCUT2D eigenvalue weighted by atomic mass is 10.1. The van der Waals surface area contributed by atoms with Crippen LogP contribution in [0.4, 0.5) is 0 Å². The van der Waals surface area contributed by atoms with Crippen molar-refractivity contribution in [2.75, 3.05) is 13.7 Å². The summed E-state index contributed by atoms with van der Waals surface area (Å²) in [5.41, 5.74) is -0.477. The molecule has 1 atom stereocenters. The van der Waals surface area contributed by atoms with Gasteiger partial charge in [-0.05, 0) is 33.1 Å². The molecular weight excluding hydrogens is 204 g/mol. The topological polar surface area (TPSA) is 41.6 Å². The third-order valence-electron chi connectivity index (χ3n) is 3.73. The van der Waals surface area contributed by atoms with E-state index in [1.54, 1.807) is 7.11 Å². The molecule has 1 unspecified atom stereocenters. The number of hydrogen-bond acceptors (Lipinski definition) is 3. The molecule has 0 aromatic carbocycles. The summed E-state index contributed by atoms with van der Waals surface area (Å²) in [5.74, 6) is 0.268. The molecule has 2 rings (SSSR count). The van der Waals surface area contributed by atoms with Crippen molar-refractivity contribution in [1.82, 2.24) is 10.2 Å². The minimum Gasteiger partial charge on any atom is -0.377 e. The molecule has 16 heavy (non-hydrogen) atoms. The third-order valence-corrected chi connectivity index (χ3v) is 3.73. The van der Waals surface area contributed by atoms with Gasteiger partial charge in [0.2, 0.25) is 5.91 Å². The van der Waals surface area contributed by atoms with Crippen LogP contribution in [-0.2, 0) is 9.53 Å².